The molecule has 3 N–H and O–H groups in total. The van der Waals surface area contributed by atoms with Gasteiger partial charge in [-0.1, -0.05) is 32.0 Å². The van der Waals surface area contributed by atoms with Crippen LogP contribution in [0, 0.1) is 17.6 Å². The normalized spacial score (nSPS) is 14.3. The van der Waals surface area contributed by atoms with E-state index in [-0.39, 0.29) is 35.0 Å². The van der Waals surface area contributed by atoms with E-state index in [1.807, 2.05) is 13.8 Å². The summed E-state index contributed by atoms with van der Waals surface area (Å²) in [7, 11) is 0. The summed E-state index contributed by atoms with van der Waals surface area (Å²) in [4.78, 5) is 48.1. The van der Waals surface area contributed by atoms with Crippen molar-refractivity contribution in [2.24, 2.45) is 11.7 Å². The fourth-order valence-electron chi connectivity index (χ4n) is 5.56. The number of nitrogens with zero attached hydrogens (tertiary/aromatic N) is 3. The van der Waals surface area contributed by atoms with Crippen LogP contribution in [0.15, 0.2) is 70.0 Å². The highest BCUT2D eigenvalue weighted by molar-refractivity contribution is 6.12. The molecule has 0 saturated heterocycles. The van der Waals surface area contributed by atoms with E-state index in [9.17, 15) is 23.2 Å². The van der Waals surface area contributed by atoms with Gasteiger partial charge in [-0.25, -0.2) is 13.6 Å². The number of hydrogen-bond acceptors (Lipinski definition) is 6. The maximum atomic E-state index is 13.5. The number of rotatable bonds is 8. The summed E-state index contributed by atoms with van der Waals surface area (Å²) in [5, 5.41) is 2.96. The second kappa shape index (κ2) is 10.9. The number of carbonyl (C=O) groups is 2. The van der Waals surface area contributed by atoms with Gasteiger partial charge in [0.15, 0.2) is 5.58 Å². The standard InChI is InChI=1S/C32H27F2N5O4/c1-16(2)11-22-27(30(35)40)26(28-29(37-22)23(38-31(28)41)12-17-3-6-19(33)7-4-17)18-5-10-24-25(13-18)43-32(42)39(24)15-21-9-8-20(34)14-36-21/h3-10,13-14,16,23H,11-12,15H2,1-2H3,(H2,35,40)(H,38,41). The van der Waals surface area contributed by atoms with Crippen LogP contribution < -0.4 is 16.8 Å². The lowest BCUT2D eigenvalue weighted by Gasteiger charge is -2.18. The molecule has 0 saturated carbocycles. The molecule has 0 spiro atoms. The Morgan fingerprint density at radius 1 is 1.05 bits per heavy atom. The van der Waals surface area contributed by atoms with E-state index in [4.69, 9.17) is 15.1 Å². The Labute approximate surface area is 244 Å². The molecule has 2 amide bonds. The number of hydrogen-bond donors (Lipinski definition) is 2. The van der Waals surface area contributed by atoms with Crippen LogP contribution in [-0.4, -0.2) is 26.3 Å². The molecule has 0 fully saturated rings. The first-order chi connectivity index (χ1) is 20.6. The fourth-order valence-corrected chi connectivity index (χ4v) is 5.56. The quantitative estimate of drug-likeness (QED) is 0.272. The van der Waals surface area contributed by atoms with E-state index >= 15 is 0 Å². The Morgan fingerprint density at radius 2 is 1.79 bits per heavy atom. The Hall–Kier alpha value is -5.19. The summed E-state index contributed by atoms with van der Waals surface area (Å²) >= 11 is 0. The SMILES string of the molecule is CC(C)Cc1nc2c(c(-c3ccc4c(c3)oc(=O)n4Cc3ccc(F)cn3)c1C(N)=O)C(=O)NC2Cc1ccc(F)cc1. The number of pyridine rings is 2. The topological polar surface area (TPSA) is 133 Å². The van der Waals surface area contributed by atoms with Gasteiger partial charge in [-0.15, -0.1) is 0 Å². The van der Waals surface area contributed by atoms with Crippen LogP contribution in [0.5, 0.6) is 0 Å². The van der Waals surface area contributed by atoms with Gasteiger partial charge in [-0.05, 0) is 66.3 Å². The molecule has 11 heteroatoms. The number of nitrogens with one attached hydrogen (secondary N) is 1. The van der Waals surface area contributed by atoms with Crippen molar-refractivity contribution in [3.63, 3.8) is 0 Å². The number of halogens is 2. The zero-order valence-corrected chi connectivity index (χ0v) is 23.4. The Morgan fingerprint density at radius 3 is 2.47 bits per heavy atom. The average Bonchev–Trinajstić information content (AvgIpc) is 3.44. The van der Waals surface area contributed by atoms with Crippen molar-refractivity contribution < 1.29 is 22.8 Å². The minimum atomic E-state index is -0.739. The molecule has 218 valence electrons. The Kier molecular flexibility index (Phi) is 7.09. The molecular weight excluding hydrogens is 556 g/mol. The number of oxazole rings is 1. The summed E-state index contributed by atoms with van der Waals surface area (Å²) in [6, 6.07) is 13.1. The number of fused-ring (bicyclic) bond motifs is 2. The maximum Gasteiger partial charge on any atom is 0.420 e. The lowest BCUT2D eigenvalue weighted by atomic mass is 9.88. The monoisotopic (exact) mass is 583 g/mol. The third-order valence-electron chi connectivity index (χ3n) is 7.43. The average molecular weight is 584 g/mol. The number of primary amides is 1. The van der Waals surface area contributed by atoms with Crippen molar-refractivity contribution in [1.82, 2.24) is 19.9 Å². The molecule has 1 unspecified atom stereocenters. The molecular formula is C32H27F2N5O4. The van der Waals surface area contributed by atoms with E-state index in [0.29, 0.717) is 46.6 Å². The van der Waals surface area contributed by atoms with Gasteiger partial charge < -0.3 is 15.5 Å². The first-order valence-electron chi connectivity index (χ1n) is 13.7. The van der Waals surface area contributed by atoms with E-state index in [1.54, 1.807) is 30.3 Å². The van der Waals surface area contributed by atoms with Crippen molar-refractivity contribution in [3.8, 4) is 11.1 Å². The predicted molar refractivity (Wildman–Crippen MR) is 154 cm³/mol. The lowest BCUT2D eigenvalue weighted by Crippen LogP contribution is -2.21. The smallest absolute Gasteiger partial charge is 0.408 e. The van der Waals surface area contributed by atoms with Crippen molar-refractivity contribution in [2.75, 3.05) is 0 Å². The third kappa shape index (κ3) is 5.29. The summed E-state index contributed by atoms with van der Waals surface area (Å²) in [6.07, 6.45) is 1.85. The van der Waals surface area contributed by atoms with E-state index in [1.165, 1.54) is 28.8 Å². The molecule has 1 aliphatic heterocycles. The molecule has 1 atom stereocenters. The molecule has 5 aromatic rings. The number of nitrogens with two attached hydrogens (primary N) is 1. The fraction of sp³-hybridized carbons (Fsp3) is 0.219. The highest BCUT2D eigenvalue weighted by Crippen LogP contribution is 2.39. The molecule has 43 heavy (non-hydrogen) atoms. The van der Waals surface area contributed by atoms with Crippen LogP contribution in [0.4, 0.5) is 8.78 Å². The summed E-state index contributed by atoms with van der Waals surface area (Å²) in [5.41, 5.74) is 9.87. The van der Waals surface area contributed by atoms with E-state index in [0.717, 1.165) is 11.8 Å². The highest BCUT2D eigenvalue weighted by Gasteiger charge is 2.37. The van der Waals surface area contributed by atoms with Crippen molar-refractivity contribution in [2.45, 2.75) is 39.3 Å². The van der Waals surface area contributed by atoms with Crippen LogP contribution >= 0.6 is 0 Å². The van der Waals surface area contributed by atoms with Crippen molar-refractivity contribution >= 4 is 22.9 Å². The number of carbonyl (C=O) groups excluding carboxylic acids is 2. The van der Waals surface area contributed by atoms with Gasteiger partial charge in [0.05, 0.1) is 52.5 Å². The minimum absolute atomic E-state index is 0.0503. The number of amides is 2. The molecule has 0 aliphatic carbocycles. The summed E-state index contributed by atoms with van der Waals surface area (Å²) < 4.78 is 33.8. The molecule has 2 aromatic carbocycles. The van der Waals surface area contributed by atoms with E-state index < -0.39 is 29.4 Å². The first kappa shape index (κ1) is 28.0. The first-order valence-corrected chi connectivity index (χ1v) is 13.7. The van der Waals surface area contributed by atoms with Crippen LogP contribution in [-0.2, 0) is 19.4 Å². The third-order valence-corrected chi connectivity index (χ3v) is 7.43. The van der Waals surface area contributed by atoms with Crippen LogP contribution in [0.25, 0.3) is 22.2 Å². The van der Waals surface area contributed by atoms with Gasteiger partial charge in [0.1, 0.15) is 11.6 Å². The van der Waals surface area contributed by atoms with Crippen LogP contribution in [0.2, 0.25) is 0 Å². The molecule has 4 heterocycles. The Balaban J connectivity index is 1.51. The van der Waals surface area contributed by atoms with Crippen molar-refractivity contribution in [3.05, 3.63) is 117 Å². The molecule has 3 aromatic heterocycles. The largest absolute Gasteiger partial charge is 0.420 e. The number of aromatic nitrogens is 3. The van der Waals surface area contributed by atoms with Gasteiger partial charge in [0.2, 0.25) is 0 Å². The highest BCUT2D eigenvalue weighted by atomic mass is 19.1. The van der Waals surface area contributed by atoms with Crippen molar-refractivity contribution in [1.29, 1.82) is 0 Å². The van der Waals surface area contributed by atoms with Gasteiger partial charge >= 0.3 is 5.76 Å². The second-order valence-corrected chi connectivity index (χ2v) is 11.0. The molecule has 1 aliphatic rings. The van der Waals surface area contributed by atoms with Gasteiger partial charge in [0, 0.05) is 5.56 Å². The molecule has 6 rings (SSSR count). The Bertz CT molecular complexity index is 1950. The number of benzene rings is 2. The minimum Gasteiger partial charge on any atom is -0.408 e. The predicted octanol–water partition coefficient (Wildman–Crippen LogP) is 4.70. The van der Waals surface area contributed by atoms with Crippen LogP contribution in [0.1, 0.15) is 63.3 Å². The zero-order chi connectivity index (χ0) is 30.4. The maximum absolute atomic E-state index is 13.5. The molecule has 0 radical (unpaired) electrons. The second-order valence-electron chi connectivity index (χ2n) is 11.0. The van der Waals surface area contributed by atoms with Gasteiger partial charge in [-0.3, -0.25) is 24.1 Å². The summed E-state index contributed by atoms with van der Waals surface area (Å²) in [6.45, 7) is 4.02. The molecule has 0 bridgehead atoms. The van der Waals surface area contributed by atoms with Gasteiger partial charge in [0.25, 0.3) is 11.8 Å². The van der Waals surface area contributed by atoms with E-state index in [2.05, 4.69) is 10.3 Å². The van der Waals surface area contributed by atoms with Gasteiger partial charge in [-0.2, -0.15) is 0 Å². The zero-order valence-electron chi connectivity index (χ0n) is 23.4. The lowest BCUT2D eigenvalue weighted by molar-refractivity contribution is 0.0956. The van der Waals surface area contributed by atoms with Crippen LogP contribution in [0.3, 0.4) is 0 Å². The summed E-state index contributed by atoms with van der Waals surface area (Å²) in [5.74, 6) is -2.55. The molecule has 9 nitrogen and oxygen atoms in total.